The first-order valence-corrected chi connectivity index (χ1v) is 8.35. The molecule has 3 heterocycles. The van der Waals surface area contributed by atoms with Gasteiger partial charge in [0.1, 0.15) is 11.5 Å². The predicted octanol–water partition coefficient (Wildman–Crippen LogP) is 1.11. The predicted molar refractivity (Wildman–Crippen MR) is 95.9 cm³/mol. The second kappa shape index (κ2) is 7.78. The normalized spacial score (nSPS) is 10.6. The Kier molecular flexibility index (Phi) is 5.25. The molecule has 0 radical (unpaired) electrons. The van der Waals surface area contributed by atoms with Crippen molar-refractivity contribution in [3.05, 3.63) is 53.5 Å². The molecular formula is C17H18N6O5. The van der Waals surface area contributed by atoms with Gasteiger partial charge in [-0.3, -0.25) is 19.0 Å². The van der Waals surface area contributed by atoms with Crippen LogP contribution in [-0.4, -0.2) is 42.5 Å². The summed E-state index contributed by atoms with van der Waals surface area (Å²) in [5.74, 6) is -1.92. The van der Waals surface area contributed by atoms with Crippen molar-refractivity contribution in [1.29, 1.82) is 0 Å². The van der Waals surface area contributed by atoms with Gasteiger partial charge < -0.3 is 20.2 Å². The molecule has 3 aromatic rings. The molecule has 3 rings (SSSR count). The van der Waals surface area contributed by atoms with Crippen molar-refractivity contribution >= 4 is 23.5 Å². The molecule has 11 heteroatoms. The largest absolute Gasteiger partial charge is 0.476 e. The number of aryl methyl sites for hydroxylation is 2. The maximum absolute atomic E-state index is 12.6. The smallest absolute Gasteiger partial charge is 0.357 e. The lowest BCUT2D eigenvalue weighted by Gasteiger charge is -2.09. The number of aromatic nitrogens is 4. The molecule has 0 aliphatic carbocycles. The van der Waals surface area contributed by atoms with Crippen molar-refractivity contribution < 1.29 is 23.9 Å². The molecule has 0 aliphatic rings. The highest BCUT2D eigenvalue weighted by Gasteiger charge is 2.24. The molecule has 0 bridgehead atoms. The summed E-state index contributed by atoms with van der Waals surface area (Å²) in [5, 5.41) is 22.3. The summed E-state index contributed by atoms with van der Waals surface area (Å²) < 4.78 is 7.83. The summed E-state index contributed by atoms with van der Waals surface area (Å²) in [6.45, 7) is 2.36. The number of hydrogen-bond donors (Lipinski definition) is 3. The number of furan rings is 1. The van der Waals surface area contributed by atoms with Gasteiger partial charge in [0.25, 0.3) is 11.8 Å². The molecule has 2 amide bonds. The first-order chi connectivity index (χ1) is 13.4. The van der Waals surface area contributed by atoms with E-state index in [9.17, 15) is 19.5 Å². The number of aromatic carboxylic acids is 1. The minimum absolute atomic E-state index is 0.124. The van der Waals surface area contributed by atoms with E-state index >= 15 is 0 Å². The highest BCUT2D eigenvalue weighted by Crippen LogP contribution is 2.18. The van der Waals surface area contributed by atoms with Gasteiger partial charge in [0.15, 0.2) is 5.69 Å². The van der Waals surface area contributed by atoms with Crippen molar-refractivity contribution in [2.45, 2.75) is 20.0 Å². The van der Waals surface area contributed by atoms with E-state index in [1.165, 1.54) is 35.1 Å². The van der Waals surface area contributed by atoms with Crippen LogP contribution < -0.4 is 10.6 Å². The number of hydrogen-bond acceptors (Lipinski definition) is 6. The van der Waals surface area contributed by atoms with Crippen LogP contribution in [0.3, 0.4) is 0 Å². The Balaban J connectivity index is 1.83. The number of nitrogens with one attached hydrogen (secondary N) is 2. The van der Waals surface area contributed by atoms with Crippen molar-refractivity contribution in [3.63, 3.8) is 0 Å². The number of rotatable bonds is 7. The van der Waals surface area contributed by atoms with E-state index in [1.54, 1.807) is 19.1 Å². The van der Waals surface area contributed by atoms with Gasteiger partial charge in [-0.1, -0.05) is 0 Å². The molecule has 0 aromatic carbocycles. The number of nitrogens with zero attached hydrogens (tertiary/aromatic N) is 4. The van der Waals surface area contributed by atoms with Gasteiger partial charge in [0, 0.05) is 19.8 Å². The number of carboxylic acids is 1. The third-order valence-electron chi connectivity index (χ3n) is 3.88. The second-order valence-corrected chi connectivity index (χ2v) is 5.81. The maximum Gasteiger partial charge on any atom is 0.357 e. The highest BCUT2D eigenvalue weighted by atomic mass is 16.4. The van der Waals surface area contributed by atoms with Crippen LogP contribution in [0, 0.1) is 0 Å². The molecule has 0 aliphatic heterocycles. The monoisotopic (exact) mass is 386 g/mol. The molecule has 0 fully saturated rings. The third-order valence-corrected chi connectivity index (χ3v) is 3.88. The summed E-state index contributed by atoms with van der Waals surface area (Å²) in [5.41, 5.74) is -0.208. The maximum atomic E-state index is 12.6. The average molecular weight is 386 g/mol. The van der Waals surface area contributed by atoms with Crippen LogP contribution in [-0.2, 0) is 20.1 Å². The quantitative estimate of drug-likeness (QED) is 0.551. The Morgan fingerprint density at radius 2 is 2.07 bits per heavy atom. The summed E-state index contributed by atoms with van der Waals surface area (Å²) >= 11 is 0. The van der Waals surface area contributed by atoms with E-state index in [-0.39, 0.29) is 29.2 Å². The van der Waals surface area contributed by atoms with Crippen molar-refractivity contribution in [2.75, 3.05) is 5.32 Å². The first kappa shape index (κ1) is 18.9. The molecule has 0 spiro atoms. The lowest BCUT2D eigenvalue weighted by atomic mass is 10.2. The zero-order valence-electron chi connectivity index (χ0n) is 15.2. The van der Waals surface area contributed by atoms with Gasteiger partial charge in [-0.2, -0.15) is 10.2 Å². The molecule has 28 heavy (non-hydrogen) atoms. The summed E-state index contributed by atoms with van der Waals surface area (Å²) in [4.78, 5) is 36.5. The molecule has 0 atom stereocenters. The third kappa shape index (κ3) is 3.77. The summed E-state index contributed by atoms with van der Waals surface area (Å²) in [6.07, 6.45) is 4.12. The van der Waals surface area contributed by atoms with E-state index in [1.807, 2.05) is 0 Å². The Hall–Kier alpha value is -3.89. The minimum atomic E-state index is -1.33. The molecule has 11 nitrogen and oxygen atoms in total. The Bertz CT molecular complexity index is 1020. The van der Waals surface area contributed by atoms with Crippen LogP contribution in [0.5, 0.6) is 0 Å². The zero-order chi connectivity index (χ0) is 20.3. The van der Waals surface area contributed by atoms with Gasteiger partial charge >= 0.3 is 5.97 Å². The Morgan fingerprint density at radius 3 is 2.71 bits per heavy atom. The standard InChI is InChI=1S/C17H18N6O5/c1-3-23-14(16(25)18-7-10-5-4-6-28-10)12(8-19-23)20-15(24)11-9-22(2)21-13(11)17(26)27/h4-6,8-9H,3,7H2,1-2H3,(H,18,25)(H,20,24)(H,26,27). The topological polar surface area (TPSA) is 144 Å². The van der Waals surface area contributed by atoms with Crippen LogP contribution in [0.1, 0.15) is 44.0 Å². The molecule has 3 aromatic heterocycles. The number of carbonyl (C=O) groups excluding carboxylic acids is 2. The van der Waals surface area contributed by atoms with Crippen LogP contribution in [0.4, 0.5) is 5.69 Å². The zero-order valence-corrected chi connectivity index (χ0v) is 15.2. The number of anilines is 1. The molecule has 0 saturated carbocycles. The van der Waals surface area contributed by atoms with E-state index in [0.29, 0.717) is 12.3 Å². The molecule has 3 N–H and O–H groups in total. The van der Waals surface area contributed by atoms with Gasteiger partial charge in [0.05, 0.1) is 30.3 Å². The average Bonchev–Trinajstić information content (AvgIpc) is 3.38. The van der Waals surface area contributed by atoms with Crippen LogP contribution >= 0.6 is 0 Å². The van der Waals surface area contributed by atoms with Gasteiger partial charge in [-0.15, -0.1) is 0 Å². The highest BCUT2D eigenvalue weighted by molar-refractivity contribution is 6.12. The molecule has 146 valence electrons. The minimum Gasteiger partial charge on any atom is -0.476 e. The number of carbonyl (C=O) groups is 3. The van der Waals surface area contributed by atoms with E-state index in [2.05, 4.69) is 20.8 Å². The van der Waals surface area contributed by atoms with Gasteiger partial charge in [-0.25, -0.2) is 4.79 Å². The fraction of sp³-hybridized carbons (Fsp3) is 0.235. The van der Waals surface area contributed by atoms with Gasteiger partial charge in [-0.05, 0) is 19.1 Å². The van der Waals surface area contributed by atoms with Crippen LogP contribution in [0.15, 0.2) is 35.2 Å². The molecule has 0 saturated heterocycles. The van der Waals surface area contributed by atoms with Crippen molar-refractivity contribution in [2.24, 2.45) is 7.05 Å². The Labute approximate surface area is 158 Å². The lowest BCUT2D eigenvalue weighted by molar-refractivity contribution is 0.0685. The van der Waals surface area contributed by atoms with E-state index in [0.717, 1.165) is 0 Å². The fourth-order valence-electron chi connectivity index (χ4n) is 2.62. The lowest BCUT2D eigenvalue weighted by Crippen LogP contribution is -2.27. The fourth-order valence-corrected chi connectivity index (χ4v) is 2.62. The number of carboxylic acid groups (broad SMARTS) is 1. The summed E-state index contributed by atoms with van der Waals surface area (Å²) in [7, 11) is 1.51. The molecular weight excluding hydrogens is 368 g/mol. The SMILES string of the molecule is CCn1ncc(NC(=O)c2cn(C)nc2C(=O)O)c1C(=O)NCc1ccco1. The molecule has 0 unspecified atom stereocenters. The van der Waals surface area contributed by atoms with Crippen LogP contribution in [0.2, 0.25) is 0 Å². The number of amides is 2. The van der Waals surface area contributed by atoms with Gasteiger partial charge in [0.2, 0.25) is 0 Å². The van der Waals surface area contributed by atoms with Crippen molar-refractivity contribution in [3.8, 4) is 0 Å². The van der Waals surface area contributed by atoms with Crippen LogP contribution in [0.25, 0.3) is 0 Å². The second-order valence-electron chi connectivity index (χ2n) is 5.81. The Morgan fingerprint density at radius 1 is 1.29 bits per heavy atom. The van der Waals surface area contributed by atoms with E-state index in [4.69, 9.17) is 4.42 Å². The summed E-state index contributed by atoms with van der Waals surface area (Å²) in [6, 6.07) is 3.42. The first-order valence-electron chi connectivity index (χ1n) is 8.35. The van der Waals surface area contributed by atoms with E-state index < -0.39 is 17.8 Å². The van der Waals surface area contributed by atoms with Crippen molar-refractivity contribution in [1.82, 2.24) is 24.9 Å².